The normalized spacial score (nSPS) is 20.8. The number of fused-ring (bicyclic) bond motifs is 1. The molecule has 0 spiro atoms. The van der Waals surface area contributed by atoms with Crippen LogP contribution < -0.4 is 0 Å². The number of rotatable bonds is 6. The van der Waals surface area contributed by atoms with Gasteiger partial charge in [0.2, 0.25) is 10.0 Å². The van der Waals surface area contributed by atoms with Crippen LogP contribution in [0, 0.1) is 11.7 Å². The summed E-state index contributed by atoms with van der Waals surface area (Å²) in [5, 5.41) is 2.48. The molecule has 0 aliphatic carbocycles. The number of carbonyl (C=O) groups is 1. The molecule has 33 heavy (non-hydrogen) atoms. The fourth-order valence-corrected chi connectivity index (χ4v) is 5.44. The van der Waals surface area contributed by atoms with Crippen molar-refractivity contribution in [3.8, 4) is 0 Å². The van der Waals surface area contributed by atoms with Gasteiger partial charge in [-0.2, -0.15) is 4.40 Å². The van der Waals surface area contributed by atoms with Gasteiger partial charge in [0.05, 0.1) is 18.4 Å². The molecule has 1 saturated heterocycles. The van der Waals surface area contributed by atoms with Crippen LogP contribution in [0.25, 0.3) is 0 Å². The van der Waals surface area contributed by atoms with Gasteiger partial charge in [-0.3, -0.25) is 4.99 Å². The highest BCUT2D eigenvalue weighted by atomic mass is 79.9. The summed E-state index contributed by atoms with van der Waals surface area (Å²) >= 11 is 4.80. The van der Waals surface area contributed by atoms with E-state index in [1.165, 1.54) is 29.7 Å². The summed E-state index contributed by atoms with van der Waals surface area (Å²) in [6, 6.07) is 3.47. The maximum atomic E-state index is 13.8. The molecule has 12 heteroatoms. The predicted molar refractivity (Wildman–Crippen MR) is 127 cm³/mol. The van der Waals surface area contributed by atoms with Crippen molar-refractivity contribution in [2.45, 2.75) is 19.4 Å². The minimum Gasteiger partial charge on any atom is -0.463 e. The van der Waals surface area contributed by atoms with Crippen molar-refractivity contribution < 1.29 is 22.3 Å². The molecule has 0 N–H and O–H groups in total. The van der Waals surface area contributed by atoms with Crippen LogP contribution in [0.4, 0.5) is 4.39 Å². The molecule has 0 amide bonds. The van der Waals surface area contributed by atoms with Gasteiger partial charge >= 0.3 is 5.97 Å². The van der Waals surface area contributed by atoms with E-state index in [0.29, 0.717) is 45.1 Å². The Labute approximate surface area is 203 Å². The summed E-state index contributed by atoms with van der Waals surface area (Å²) in [5.74, 6) is -0.652. The summed E-state index contributed by atoms with van der Waals surface area (Å²) in [4.78, 5) is 24.2. The number of esters is 1. The zero-order chi connectivity index (χ0) is 23.8. The molecule has 0 saturated carbocycles. The Kier molecular flexibility index (Phi) is 6.78. The number of benzene rings is 1. The SMILES string of the molecule is CCOC(=O)C1=C2CC(/C=N/S(C)(=O)=O)CN2C(c2nccs2)=N[C@H]1c1ccc(F)cc1Br. The number of amidine groups is 1. The van der Waals surface area contributed by atoms with Gasteiger partial charge in [0.15, 0.2) is 10.8 Å². The molecule has 1 aromatic carbocycles. The Hall–Kier alpha value is -2.44. The number of ether oxygens (including phenoxy) is 1. The molecule has 4 rings (SSSR count). The number of hydrogen-bond acceptors (Lipinski definition) is 8. The highest BCUT2D eigenvalue weighted by molar-refractivity contribution is 9.10. The van der Waals surface area contributed by atoms with Gasteiger partial charge in [0, 0.05) is 40.4 Å². The Balaban J connectivity index is 1.88. The average molecular weight is 555 g/mol. The van der Waals surface area contributed by atoms with Crippen molar-refractivity contribution in [2.75, 3.05) is 19.4 Å². The summed E-state index contributed by atoms with van der Waals surface area (Å²) in [5.41, 5.74) is 1.61. The lowest BCUT2D eigenvalue weighted by molar-refractivity contribution is -0.139. The molecular formula is C21H20BrFN4O4S2. The Morgan fingerprint density at radius 2 is 2.24 bits per heavy atom. The van der Waals surface area contributed by atoms with Crippen molar-refractivity contribution in [1.82, 2.24) is 9.88 Å². The maximum Gasteiger partial charge on any atom is 0.338 e. The largest absolute Gasteiger partial charge is 0.463 e. The smallest absolute Gasteiger partial charge is 0.338 e. The van der Waals surface area contributed by atoms with E-state index in [1.807, 2.05) is 10.3 Å². The van der Waals surface area contributed by atoms with Crippen molar-refractivity contribution in [3.63, 3.8) is 0 Å². The molecular weight excluding hydrogens is 535 g/mol. The van der Waals surface area contributed by atoms with Crippen molar-refractivity contribution in [3.05, 3.63) is 61.9 Å². The van der Waals surface area contributed by atoms with E-state index in [0.717, 1.165) is 6.26 Å². The highest BCUT2D eigenvalue weighted by Crippen LogP contribution is 2.43. The molecule has 2 aromatic rings. The van der Waals surface area contributed by atoms with Gasteiger partial charge in [-0.25, -0.2) is 22.6 Å². The number of sulfonamides is 1. The van der Waals surface area contributed by atoms with E-state index in [9.17, 15) is 17.6 Å². The first-order valence-electron chi connectivity index (χ1n) is 10.0. The van der Waals surface area contributed by atoms with Gasteiger partial charge in [-0.15, -0.1) is 11.3 Å². The zero-order valence-electron chi connectivity index (χ0n) is 17.7. The van der Waals surface area contributed by atoms with Crippen molar-refractivity contribution in [2.24, 2.45) is 15.3 Å². The summed E-state index contributed by atoms with van der Waals surface area (Å²) in [7, 11) is -3.54. The third-order valence-corrected chi connectivity index (χ3v) is 7.09. The van der Waals surface area contributed by atoms with Gasteiger partial charge < -0.3 is 9.64 Å². The second-order valence-electron chi connectivity index (χ2n) is 7.50. The number of nitrogens with zero attached hydrogens (tertiary/aromatic N) is 4. The molecule has 2 aliphatic heterocycles. The van der Waals surface area contributed by atoms with Crippen molar-refractivity contribution in [1.29, 1.82) is 0 Å². The van der Waals surface area contributed by atoms with Gasteiger partial charge in [0.25, 0.3) is 0 Å². The Morgan fingerprint density at radius 1 is 1.45 bits per heavy atom. The third-order valence-electron chi connectivity index (χ3n) is 5.13. The number of allylic oxidation sites excluding steroid dienone is 1. The lowest BCUT2D eigenvalue weighted by Gasteiger charge is -2.31. The molecule has 1 fully saturated rings. The monoisotopic (exact) mass is 554 g/mol. The van der Waals surface area contributed by atoms with Gasteiger partial charge in [0.1, 0.15) is 11.9 Å². The standard InChI is InChI=1S/C21H20BrFN4O4S2/c1-3-31-21(28)17-16-8-12(10-25-33(2,29)30)11-27(16)19(20-24-6-7-32-20)26-18(17)14-5-4-13(23)9-15(14)22/h4-7,9-10,12,18H,3,8,11H2,1-2H3/b25-10+/t12?,18-/m0/s1. The molecule has 8 nitrogen and oxygen atoms in total. The predicted octanol–water partition coefficient (Wildman–Crippen LogP) is 3.72. The summed E-state index contributed by atoms with van der Waals surface area (Å²) in [6.07, 6.45) is 4.45. The Bertz CT molecular complexity index is 1280. The second-order valence-corrected chi connectivity index (χ2v) is 10.9. The zero-order valence-corrected chi connectivity index (χ0v) is 21.0. The van der Waals surface area contributed by atoms with Crippen LogP contribution in [0.15, 0.2) is 54.9 Å². The van der Waals surface area contributed by atoms with Crippen LogP contribution in [-0.2, 0) is 19.6 Å². The minimum atomic E-state index is -3.54. The van der Waals surface area contributed by atoms with E-state index in [4.69, 9.17) is 9.73 Å². The van der Waals surface area contributed by atoms with Crippen LogP contribution in [0.5, 0.6) is 0 Å². The van der Waals surface area contributed by atoms with Gasteiger partial charge in [-0.1, -0.05) is 22.0 Å². The van der Waals surface area contributed by atoms with E-state index >= 15 is 0 Å². The van der Waals surface area contributed by atoms with Crippen LogP contribution in [0.1, 0.15) is 30.0 Å². The lowest BCUT2D eigenvalue weighted by atomic mass is 9.94. The highest BCUT2D eigenvalue weighted by Gasteiger charge is 2.42. The van der Waals surface area contributed by atoms with E-state index in [1.54, 1.807) is 19.2 Å². The van der Waals surface area contributed by atoms with Crippen LogP contribution in [0.3, 0.4) is 0 Å². The third kappa shape index (κ3) is 5.07. The quantitative estimate of drug-likeness (QED) is 0.398. The molecule has 174 valence electrons. The maximum absolute atomic E-state index is 13.8. The molecule has 3 heterocycles. The number of aromatic nitrogens is 1. The molecule has 1 unspecified atom stereocenters. The summed E-state index contributed by atoms with van der Waals surface area (Å²) in [6.45, 7) is 2.27. The first-order chi connectivity index (χ1) is 15.7. The van der Waals surface area contributed by atoms with E-state index in [-0.39, 0.29) is 12.5 Å². The Morgan fingerprint density at radius 3 is 2.88 bits per heavy atom. The molecule has 2 aliphatic rings. The number of hydrogen-bond donors (Lipinski definition) is 0. The number of aliphatic imine (C=N–C) groups is 1. The molecule has 2 atom stereocenters. The van der Waals surface area contributed by atoms with Crippen molar-refractivity contribution >= 4 is 55.3 Å². The van der Waals surface area contributed by atoms with E-state index < -0.39 is 27.9 Å². The van der Waals surface area contributed by atoms with Crippen LogP contribution >= 0.6 is 27.3 Å². The number of carbonyl (C=O) groups excluding carboxylic acids is 1. The fourth-order valence-electron chi connectivity index (χ4n) is 3.84. The summed E-state index contributed by atoms with van der Waals surface area (Å²) < 4.78 is 46.4. The van der Waals surface area contributed by atoms with E-state index in [2.05, 4.69) is 25.3 Å². The second kappa shape index (κ2) is 9.43. The topological polar surface area (TPSA) is 101 Å². The number of thiazole rings is 1. The minimum absolute atomic E-state index is 0.176. The van der Waals surface area contributed by atoms with Crippen LogP contribution in [0.2, 0.25) is 0 Å². The van der Waals surface area contributed by atoms with Gasteiger partial charge in [-0.05, 0) is 31.0 Å². The molecule has 0 bridgehead atoms. The molecule has 1 aromatic heterocycles. The first kappa shape index (κ1) is 23.7. The average Bonchev–Trinajstić information content (AvgIpc) is 3.41. The lowest BCUT2D eigenvalue weighted by Crippen LogP contribution is -2.35. The van der Waals surface area contributed by atoms with Crippen LogP contribution in [-0.4, -0.2) is 55.7 Å². The first-order valence-corrected chi connectivity index (χ1v) is 13.6. The fraction of sp³-hybridized carbons (Fsp3) is 0.333. The number of halogens is 2. The molecule has 0 radical (unpaired) electrons.